The maximum absolute atomic E-state index is 5.74. The van der Waals surface area contributed by atoms with Crippen molar-refractivity contribution >= 4 is 29.9 Å². The highest BCUT2D eigenvalue weighted by Crippen LogP contribution is 2.13. The molecule has 2 heterocycles. The summed E-state index contributed by atoms with van der Waals surface area (Å²) in [7, 11) is 1.76. The van der Waals surface area contributed by atoms with Gasteiger partial charge >= 0.3 is 0 Å². The van der Waals surface area contributed by atoms with Crippen molar-refractivity contribution in [2.75, 3.05) is 40.0 Å². The number of rotatable bonds is 9. The van der Waals surface area contributed by atoms with E-state index in [4.69, 9.17) is 14.2 Å². The third-order valence-corrected chi connectivity index (χ3v) is 3.66. The van der Waals surface area contributed by atoms with E-state index in [-0.39, 0.29) is 30.1 Å². The molecule has 8 heteroatoms. The first-order chi connectivity index (χ1) is 11.8. The number of nitrogens with zero attached hydrogens (tertiary/aromatic N) is 2. The first kappa shape index (κ1) is 21.9. The Morgan fingerprint density at radius 2 is 2.32 bits per heavy atom. The van der Waals surface area contributed by atoms with E-state index in [1.165, 1.54) is 0 Å². The van der Waals surface area contributed by atoms with Crippen molar-refractivity contribution < 1.29 is 14.2 Å². The summed E-state index contributed by atoms with van der Waals surface area (Å²) in [6.45, 7) is 6.24. The van der Waals surface area contributed by atoms with Gasteiger partial charge in [0.1, 0.15) is 0 Å². The summed E-state index contributed by atoms with van der Waals surface area (Å²) < 4.78 is 16.6. The molecule has 0 aliphatic carbocycles. The van der Waals surface area contributed by atoms with Gasteiger partial charge in [0.2, 0.25) is 5.88 Å². The van der Waals surface area contributed by atoms with Crippen molar-refractivity contribution in [3.05, 3.63) is 23.9 Å². The van der Waals surface area contributed by atoms with Gasteiger partial charge in [-0.15, -0.1) is 24.0 Å². The largest absolute Gasteiger partial charge is 0.478 e. The Kier molecular flexibility index (Phi) is 11.5. The third kappa shape index (κ3) is 8.19. The van der Waals surface area contributed by atoms with Crippen LogP contribution in [0.5, 0.6) is 5.88 Å². The van der Waals surface area contributed by atoms with Crippen LogP contribution in [0.2, 0.25) is 0 Å². The number of nitrogens with one attached hydrogen (secondary N) is 2. The van der Waals surface area contributed by atoms with Crippen molar-refractivity contribution in [2.24, 2.45) is 4.99 Å². The lowest BCUT2D eigenvalue weighted by Gasteiger charge is -2.14. The molecule has 142 valence electrons. The molecule has 0 spiro atoms. The van der Waals surface area contributed by atoms with E-state index in [1.54, 1.807) is 13.2 Å². The van der Waals surface area contributed by atoms with Crippen molar-refractivity contribution in [2.45, 2.75) is 32.4 Å². The van der Waals surface area contributed by atoms with Gasteiger partial charge in [0, 0.05) is 45.1 Å². The molecule has 0 bridgehead atoms. The van der Waals surface area contributed by atoms with Gasteiger partial charge < -0.3 is 24.8 Å². The fraction of sp³-hybridized carbons (Fsp3) is 0.647. The molecule has 1 unspecified atom stereocenters. The van der Waals surface area contributed by atoms with Crippen molar-refractivity contribution in [1.29, 1.82) is 0 Å². The minimum atomic E-state index is 0. The normalized spacial score (nSPS) is 17.0. The van der Waals surface area contributed by atoms with Crippen LogP contribution in [0.15, 0.2) is 23.3 Å². The Hall–Kier alpha value is -1.13. The van der Waals surface area contributed by atoms with E-state index in [9.17, 15) is 0 Å². The lowest BCUT2D eigenvalue weighted by molar-refractivity contribution is 0.0420. The van der Waals surface area contributed by atoms with E-state index in [1.807, 2.05) is 19.1 Å². The van der Waals surface area contributed by atoms with E-state index < -0.39 is 0 Å². The molecule has 0 amide bonds. The Morgan fingerprint density at radius 1 is 1.44 bits per heavy atom. The van der Waals surface area contributed by atoms with E-state index in [0.717, 1.165) is 50.7 Å². The molecule has 2 N–H and O–H groups in total. The second kappa shape index (κ2) is 13.1. The van der Waals surface area contributed by atoms with Crippen LogP contribution in [0.25, 0.3) is 0 Å². The van der Waals surface area contributed by atoms with Gasteiger partial charge in [0.05, 0.1) is 19.3 Å². The van der Waals surface area contributed by atoms with Gasteiger partial charge in [-0.1, -0.05) is 6.07 Å². The highest BCUT2D eigenvalue weighted by Gasteiger charge is 2.15. The molecule has 1 atom stereocenters. The zero-order valence-corrected chi connectivity index (χ0v) is 17.3. The molecule has 25 heavy (non-hydrogen) atoms. The molecule has 0 saturated carbocycles. The van der Waals surface area contributed by atoms with Crippen LogP contribution in [-0.2, 0) is 16.0 Å². The molecular formula is C17H29IN4O3. The zero-order valence-electron chi connectivity index (χ0n) is 15.0. The Morgan fingerprint density at radius 3 is 3.04 bits per heavy atom. The average molecular weight is 464 g/mol. The van der Waals surface area contributed by atoms with Crippen LogP contribution < -0.4 is 15.4 Å². The van der Waals surface area contributed by atoms with Gasteiger partial charge in [0.25, 0.3) is 0 Å². The molecule has 1 aliphatic heterocycles. The van der Waals surface area contributed by atoms with E-state index in [2.05, 4.69) is 20.6 Å². The number of ether oxygens (including phenoxy) is 3. The molecule has 1 saturated heterocycles. The van der Waals surface area contributed by atoms with E-state index in [0.29, 0.717) is 19.0 Å². The van der Waals surface area contributed by atoms with Gasteiger partial charge in [-0.05, 0) is 25.8 Å². The highest BCUT2D eigenvalue weighted by molar-refractivity contribution is 14.0. The summed E-state index contributed by atoms with van der Waals surface area (Å²) in [5.74, 6) is 1.42. The van der Waals surface area contributed by atoms with Gasteiger partial charge in [0.15, 0.2) is 5.96 Å². The highest BCUT2D eigenvalue weighted by atomic mass is 127. The second-order valence-electron chi connectivity index (χ2n) is 5.46. The number of hydrogen-bond acceptors (Lipinski definition) is 5. The number of halogens is 1. The summed E-state index contributed by atoms with van der Waals surface area (Å²) in [6, 6.07) is 3.90. The minimum absolute atomic E-state index is 0. The molecule has 2 rings (SSSR count). The Labute approximate surface area is 167 Å². The quantitative estimate of drug-likeness (QED) is 0.252. The van der Waals surface area contributed by atoms with Crippen molar-refractivity contribution in [3.63, 3.8) is 0 Å². The molecule has 7 nitrogen and oxygen atoms in total. The van der Waals surface area contributed by atoms with E-state index >= 15 is 0 Å². The van der Waals surface area contributed by atoms with Gasteiger partial charge in [-0.25, -0.2) is 4.98 Å². The minimum Gasteiger partial charge on any atom is -0.478 e. The Balaban J connectivity index is 0.00000312. The summed E-state index contributed by atoms with van der Waals surface area (Å²) in [5, 5.41) is 6.56. The van der Waals surface area contributed by atoms with Crippen LogP contribution >= 0.6 is 24.0 Å². The third-order valence-electron chi connectivity index (χ3n) is 3.66. The lowest BCUT2D eigenvalue weighted by atomic mass is 10.2. The van der Waals surface area contributed by atoms with Gasteiger partial charge in [-0.2, -0.15) is 0 Å². The zero-order chi connectivity index (χ0) is 17.0. The number of guanidine groups is 1. The summed E-state index contributed by atoms with van der Waals surface area (Å²) in [6.07, 6.45) is 3.93. The number of aliphatic imine (C=N–C) groups is 1. The summed E-state index contributed by atoms with van der Waals surface area (Å²) in [4.78, 5) is 8.47. The topological polar surface area (TPSA) is 77.0 Å². The van der Waals surface area contributed by atoms with Gasteiger partial charge in [-0.3, -0.25) is 4.99 Å². The fourth-order valence-corrected chi connectivity index (χ4v) is 2.40. The number of hydrogen-bond donors (Lipinski definition) is 2. The fourth-order valence-electron chi connectivity index (χ4n) is 2.40. The predicted molar refractivity (Wildman–Crippen MR) is 109 cm³/mol. The first-order valence-corrected chi connectivity index (χ1v) is 8.54. The number of pyridine rings is 1. The lowest BCUT2D eigenvalue weighted by Crippen LogP contribution is -2.37. The monoisotopic (exact) mass is 464 g/mol. The molecule has 0 aromatic carbocycles. The van der Waals surface area contributed by atoms with Crippen LogP contribution in [0.1, 0.15) is 25.3 Å². The Bertz CT molecular complexity index is 510. The molecule has 1 aromatic heterocycles. The van der Waals surface area contributed by atoms with Crippen LogP contribution in [0.3, 0.4) is 0 Å². The van der Waals surface area contributed by atoms with Crippen LogP contribution in [-0.4, -0.2) is 57.1 Å². The molecule has 1 fully saturated rings. The maximum Gasteiger partial charge on any atom is 0.218 e. The molecular weight excluding hydrogens is 435 g/mol. The van der Waals surface area contributed by atoms with Crippen LogP contribution in [0.4, 0.5) is 0 Å². The van der Waals surface area contributed by atoms with Crippen molar-refractivity contribution in [1.82, 2.24) is 15.6 Å². The number of aromatic nitrogens is 1. The van der Waals surface area contributed by atoms with Crippen molar-refractivity contribution in [3.8, 4) is 5.88 Å². The first-order valence-electron chi connectivity index (χ1n) is 8.54. The summed E-state index contributed by atoms with van der Waals surface area (Å²) in [5.41, 5.74) is 1.01. The summed E-state index contributed by atoms with van der Waals surface area (Å²) >= 11 is 0. The SMILES string of the molecule is CCOc1ncccc1CNC(=NC)NCCCOC1CCOC1.I. The molecule has 0 radical (unpaired) electrons. The molecule has 1 aliphatic rings. The smallest absolute Gasteiger partial charge is 0.218 e. The second-order valence-corrected chi connectivity index (χ2v) is 5.46. The molecule has 1 aromatic rings. The van der Waals surface area contributed by atoms with Crippen LogP contribution in [0, 0.1) is 0 Å². The maximum atomic E-state index is 5.74. The average Bonchev–Trinajstić information content (AvgIpc) is 3.12. The predicted octanol–water partition coefficient (Wildman–Crippen LogP) is 1.96. The standard InChI is InChI=1S/C17H28N4O3.HI/c1-3-23-16-14(6-4-8-19-16)12-21-17(18-2)20-9-5-10-24-15-7-11-22-13-15;/h4,6,8,15H,3,5,7,9-13H2,1-2H3,(H2,18,20,21);1H.